The fraction of sp³-hybridized carbons (Fsp3) is 0.286. The van der Waals surface area contributed by atoms with E-state index in [0.717, 1.165) is 21.5 Å². The minimum Gasteiger partial charge on any atom is -0.497 e. The van der Waals surface area contributed by atoms with E-state index in [9.17, 15) is 0 Å². The van der Waals surface area contributed by atoms with Gasteiger partial charge in [-0.1, -0.05) is 0 Å². The number of anilines is 1. The Balaban J connectivity index is 2.47. The average Bonchev–Trinajstić information content (AvgIpc) is 2.49. The number of halogens is 1. The van der Waals surface area contributed by atoms with Crippen LogP contribution in [0.4, 0.5) is 5.82 Å². The number of rotatable bonds is 5. The van der Waals surface area contributed by atoms with Gasteiger partial charge in [0.15, 0.2) is 5.82 Å². The van der Waals surface area contributed by atoms with Crippen molar-refractivity contribution in [2.45, 2.75) is 6.92 Å². The summed E-state index contributed by atoms with van der Waals surface area (Å²) in [5.74, 6) is 2.90. The molecule has 106 valence electrons. The van der Waals surface area contributed by atoms with Crippen molar-refractivity contribution in [3.05, 3.63) is 28.0 Å². The molecule has 0 aliphatic carbocycles. The van der Waals surface area contributed by atoms with Crippen LogP contribution >= 0.6 is 22.6 Å². The predicted octanol–water partition coefficient (Wildman–Crippen LogP) is 3.20. The molecule has 1 heterocycles. The summed E-state index contributed by atoms with van der Waals surface area (Å²) < 4.78 is 11.5. The third-order valence-electron chi connectivity index (χ3n) is 2.70. The van der Waals surface area contributed by atoms with Gasteiger partial charge in [0.05, 0.1) is 17.8 Å². The van der Waals surface area contributed by atoms with Crippen LogP contribution in [-0.4, -0.2) is 30.7 Å². The Kier molecular flexibility index (Phi) is 4.99. The van der Waals surface area contributed by atoms with E-state index in [-0.39, 0.29) is 0 Å². The highest BCUT2D eigenvalue weighted by atomic mass is 127. The van der Waals surface area contributed by atoms with Crippen molar-refractivity contribution in [3.63, 3.8) is 0 Å². The van der Waals surface area contributed by atoms with E-state index in [0.29, 0.717) is 17.3 Å². The summed E-state index contributed by atoms with van der Waals surface area (Å²) in [6.45, 7) is 2.85. The molecule has 1 N–H and O–H groups in total. The largest absolute Gasteiger partial charge is 0.497 e. The first-order valence-corrected chi connectivity index (χ1v) is 7.25. The smallest absolute Gasteiger partial charge is 0.161 e. The van der Waals surface area contributed by atoms with Gasteiger partial charge < -0.3 is 14.8 Å². The normalized spacial score (nSPS) is 10.2. The van der Waals surface area contributed by atoms with Gasteiger partial charge in [0.25, 0.3) is 0 Å². The van der Waals surface area contributed by atoms with Crippen molar-refractivity contribution >= 4 is 28.4 Å². The zero-order valence-corrected chi connectivity index (χ0v) is 13.8. The number of benzene rings is 1. The van der Waals surface area contributed by atoms with Crippen LogP contribution in [0, 0.1) is 3.57 Å². The molecule has 0 spiro atoms. The molecule has 1 aromatic carbocycles. The predicted molar refractivity (Wildman–Crippen MR) is 87.5 cm³/mol. The Bertz CT molecular complexity index is 583. The van der Waals surface area contributed by atoms with Crippen molar-refractivity contribution in [1.82, 2.24) is 9.97 Å². The summed E-state index contributed by atoms with van der Waals surface area (Å²) in [7, 11) is 3.24. The molecule has 0 saturated heterocycles. The monoisotopic (exact) mass is 385 g/mol. The van der Waals surface area contributed by atoms with Crippen LogP contribution in [-0.2, 0) is 0 Å². The SMILES string of the molecule is CCNc1nc(-c2cc(OC)cc(OC)c2)ncc1I. The van der Waals surface area contributed by atoms with Crippen LogP contribution in [0.3, 0.4) is 0 Å². The summed E-state index contributed by atoms with van der Waals surface area (Å²) in [5, 5.41) is 3.22. The zero-order chi connectivity index (χ0) is 14.5. The minimum atomic E-state index is 0.638. The summed E-state index contributed by atoms with van der Waals surface area (Å²) in [5.41, 5.74) is 0.858. The Hall–Kier alpha value is -1.57. The third-order valence-corrected chi connectivity index (χ3v) is 3.49. The molecule has 0 saturated carbocycles. The number of hydrogen-bond acceptors (Lipinski definition) is 5. The maximum atomic E-state index is 5.27. The Labute approximate surface area is 131 Å². The van der Waals surface area contributed by atoms with E-state index >= 15 is 0 Å². The van der Waals surface area contributed by atoms with Gasteiger partial charge in [0, 0.05) is 24.4 Å². The number of nitrogens with zero attached hydrogens (tertiary/aromatic N) is 2. The molecule has 6 heteroatoms. The van der Waals surface area contributed by atoms with Gasteiger partial charge in [-0.3, -0.25) is 0 Å². The maximum Gasteiger partial charge on any atom is 0.161 e. The van der Waals surface area contributed by atoms with E-state index < -0.39 is 0 Å². The lowest BCUT2D eigenvalue weighted by atomic mass is 10.2. The van der Waals surface area contributed by atoms with E-state index in [1.807, 2.05) is 25.1 Å². The van der Waals surface area contributed by atoms with Gasteiger partial charge in [0.2, 0.25) is 0 Å². The summed E-state index contributed by atoms with van der Waals surface area (Å²) in [6.07, 6.45) is 1.80. The lowest BCUT2D eigenvalue weighted by Gasteiger charge is -2.10. The number of ether oxygens (including phenoxy) is 2. The van der Waals surface area contributed by atoms with Gasteiger partial charge in [0.1, 0.15) is 17.3 Å². The lowest BCUT2D eigenvalue weighted by Crippen LogP contribution is -2.04. The van der Waals surface area contributed by atoms with Gasteiger partial charge in [-0.05, 0) is 41.6 Å². The lowest BCUT2D eigenvalue weighted by molar-refractivity contribution is 0.394. The van der Waals surface area contributed by atoms with Crippen LogP contribution in [0.1, 0.15) is 6.92 Å². The van der Waals surface area contributed by atoms with Crippen molar-refractivity contribution < 1.29 is 9.47 Å². The molecule has 0 amide bonds. The van der Waals surface area contributed by atoms with E-state index in [1.165, 1.54) is 0 Å². The number of aromatic nitrogens is 2. The molecule has 0 bridgehead atoms. The fourth-order valence-electron chi connectivity index (χ4n) is 1.73. The second kappa shape index (κ2) is 6.74. The van der Waals surface area contributed by atoms with Crippen LogP contribution in [0.5, 0.6) is 11.5 Å². The average molecular weight is 385 g/mol. The Morgan fingerprint density at radius 3 is 2.35 bits per heavy atom. The quantitative estimate of drug-likeness (QED) is 0.802. The van der Waals surface area contributed by atoms with Crippen molar-refractivity contribution in [1.29, 1.82) is 0 Å². The minimum absolute atomic E-state index is 0.638. The number of hydrogen-bond donors (Lipinski definition) is 1. The molecule has 20 heavy (non-hydrogen) atoms. The molecule has 2 rings (SSSR count). The fourth-order valence-corrected chi connectivity index (χ4v) is 2.18. The second-order valence-electron chi connectivity index (χ2n) is 4.02. The maximum absolute atomic E-state index is 5.27. The van der Waals surface area contributed by atoms with Gasteiger partial charge in [-0.15, -0.1) is 0 Å². The Morgan fingerprint density at radius 2 is 1.80 bits per heavy atom. The van der Waals surface area contributed by atoms with Gasteiger partial charge >= 0.3 is 0 Å². The second-order valence-corrected chi connectivity index (χ2v) is 5.18. The van der Waals surface area contributed by atoms with Crippen LogP contribution in [0.15, 0.2) is 24.4 Å². The molecular formula is C14H16IN3O2. The first kappa shape index (κ1) is 14.8. The molecule has 0 aliphatic heterocycles. The first-order chi connectivity index (χ1) is 9.67. The molecule has 0 fully saturated rings. The highest BCUT2D eigenvalue weighted by Crippen LogP contribution is 2.29. The summed E-state index contributed by atoms with van der Waals surface area (Å²) in [6, 6.07) is 5.60. The molecule has 0 atom stereocenters. The third kappa shape index (κ3) is 3.30. The highest BCUT2D eigenvalue weighted by Gasteiger charge is 2.09. The molecule has 5 nitrogen and oxygen atoms in total. The van der Waals surface area contributed by atoms with Crippen molar-refractivity contribution in [2.24, 2.45) is 0 Å². The standard InChI is InChI=1S/C14H16IN3O2/c1-4-16-14-12(15)8-17-13(18-14)9-5-10(19-2)7-11(6-9)20-3/h5-8H,4H2,1-3H3,(H,16,17,18). The molecule has 2 aromatic rings. The van der Waals surface area contributed by atoms with Gasteiger partial charge in [-0.25, -0.2) is 9.97 Å². The number of nitrogens with one attached hydrogen (secondary N) is 1. The molecule has 0 radical (unpaired) electrons. The zero-order valence-electron chi connectivity index (χ0n) is 11.6. The molecule has 1 aromatic heterocycles. The highest BCUT2D eigenvalue weighted by molar-refractivity contribution is 14.1. The molecular weight excluding hydrogens is 369 g/mol. The topological polar surface area (TPSA) is 56.3 Å². The van der Waals surface area contributed by atoms with Crippen LogP contribution in [0.2, 0.25) is 0 Å². The van der Waals surface area contributed by atoms with Gasteiger partial charge in [-0.2, -0.15) is 0 Å². The van der Waals surface area contributed by atoms with E-state index in [2.05, 4.69) is 37.9 Å². The Morgan fingerprint density at radius 1 is 1.15 bits per heavy atom. The van der Waals surface area contributed by atoms with Crippen molar-refractivity contribution in [2.75, 3.05) is 26.1 Å². The summed E-state index contributed by atoms with van der Waals surface area (Å²) in [4.78, 5) is 8.91. The summed E-state index contributed by atoms with van der Waals surface area (Å²) >= 11 is 2.21. The number of methoxy groups -OCH3 is 2. The first-order valence-electron chi connectivity index (χ1n) is 6.17. The van der Waals surface area contributed by atoms with E-state index in [4.69, 9.17) is 9.47 Å². The molecule has 0 aliphatic rings. The van der Waals surface area contributed by atoms with E-state index in [1.54, 1.807) is 20.4 Å². The molecule has 0 unspecified atom stereocenters. The van der Waals surface area contributed by atoms with Crippen molar-refractivity contribution in [3.8, 4) is 22.9 Å². The van der Waals surface area contributed by atoms with Crippen LogP contribution in [0.25, 0.3) is 11.4 Å². The van der Waals surface area contributed by atoms with Crippen LogP contribution < -0.4 is 14.8 Å².